The molecule has 0 saturated carbocycles. The summed E-state index contributed by atoms with van der Waals surface area (Å²) < 4.78 is 0. The van der Waals surface area contributed by atoms with Crippen LogP contribution in [-0.2, 0) is 25.8 Å². The summed E-state index contributed by atoms with van der Waals surface area (Å²) in [6.07, 6.45) is 13.4. The standard InChI is InChI=1S/C9H13.C5H5.Hf.2H/c1-6-5-7(2)9(4)8(6)3;1-2-4-5-3-1;;;/h6H,1-4H3;1-3H,4H2;;;/q2*-1;;2*-1. The van der Waals surface area contributed by atoms with E-state index in [-0.39, 0.29) is 28.7 Å². The molecule has 0 aromatic carbocycles. The molecule has 1 heteroatoms. The van der Waals surface area contributed by atoms with Gasteiger partial charge in [0.2, 0.25) is 0 Å². The SMILES string of the molecule is CC1=[C-]C(C)C(C)=C1C.[C-]1=CC=CC1.[H-].[H-].[Hf]. The Morgan fingerprint density at radius 2 is 2.00 bits per heavy atom. The van der Waals surface area contributed by atoms with Crippen LogP contribution in [0, 0.1) is 18.1 Å². The van der Waals surface area contributed by atoms with Gasteiger partial charge in [-0.25, -0.2) is 17.7 Å². The first-order valence-electron chi connectivity index (χ1n) is 5.12. The molecule has 0 heterocycles. The van der Waals surface area contributed by atoms with Gasteiger partial charge in [-0.1, -0.05) is 26.7 Å². The van der Waals surface area contributed by atoms with Gasteiger partial charge in [0.1, 0.15) is 0 Å². The van der Waals surface area contributed by atoms with Crippen molar-refractivity contribution in [2.24, 2.45) is 5.92 Å². The van der Waals surface area contributed by atoms with Crippen LogP contribution in [0.15, 0.2) is 34.9 Å². The minimum Gasteiger partial charge on any atom is -1.00 e. The summed E-state index contributed by atoms with van der Waals surface area (Å²) in [6, 6.07) is 0. The summed E-state index contributed by atoms with van der Waals surface area (Å²) in [6.45, 7) is 8.67. The van der Waals surface area contributed by atoms with Crippen molar-refractivity contribution < 1.29 is 28.7 Å². The van der Waals surface area contributed by atoms with Gasteiger partial charge in [0.05, 0.1) is 0 Å². The van der Waals surface area contributed by atoms with Crippen molar-refractivity contribution in [3.8, 4) is 0 Å². The van der Waals surface area contributed by atoms with Crippen LogP contribution in [0.5, 0.6) is 0 Å². The van der Waals surface area contributed by atoms with Gasteiger partial charge in [0, 0.05) is 25.8 Å². The van der Waals surface area contributed by atoms with Crippen molar-refractivity contribution in [3.63, 3.8) is 0 Å². The number of rotatable bonds is 0. The maximum Gasteiger partial charge on any atom is 0 e. The third-order valence-electron chi connectivity index (χ3n) is 2.82. The molecule has 0 spiro atoms. The monoisotopic (exact) mass is 368 g/mol. The fourth-order valence-corrected chi connectivity index (χ4v) is 1.50. The van der Waals surface area contributed by atoms with E-state index in [0.717, 1.165) is 6.42 Å². The van der Waals surface area contributed by atoms with Crippen LogP contribution in [0.1, 0.15) is 37.0 Å². The van der Waals surface area contributed by atoms with E-state index in [1.807, 2.05) is 12.2 Å². The molecule has 15 heavy (non-hydrogen) atoms. The molecule has 0 amide bonds. The van der Waals surface area contributed by atoms with Crippen molar-refractivity contribution in [2.75, 3.05) is 0 Å². The minimum atomic E-state index is 0. The molecule has 2 aliphatic carbocycles. The summed E-state index contributed by atoms with van der Waals surface area (Å²) in [5.74, 6) is 0.560. The number of hydrogen-bond acceptors (Lipinski definition) is 0. The van der Waals surface area contributed by atoms with E-state index in [1.54, 1.807) is 0 Å². The Morgan fingerprint density at radius 1 is 1.33 bits per heavy atom. The molecule has 0 aliphatic heterocycles. The number of hydrogen-bond donors (Lipinski definition) is 0. The first kappa shape index (κ1) is 14.8. The zero-order valence-electron chi connectivity index (χ0n) is 12.0. The van der Waals surface area contributed by atoms with Crippen molar-refractivity contribution in [2.45, 2.75) is 34.1 Å². The van der Waals surface area contributed by atoms with Gasteiger partial charge in [0.25, 0.3) is 0 Å². The van der Waals surface area contributed by atoms with Crippen LogP contribution in [0.25, 0.3) is 0 Å². The Kier molecular flexibility index (Phi) is 7.08. The van der Waals surface area contributed by atoms with Crippen molar-refractivity contribution >= 4 is 0 Å². The summed E-state index contributed by atoms with van der Waals surface area (Å²) in [5.41, 5.74) is 4.25. The largest absolute Gasteiger partial charge is 1.00 e. The first-order chi connectivity index (χ1) is 6.63. The van der Waals surface area contributed by atoms with E-state index in [2.05, 4.69) is 45.9 Å². The Labute approximate surface area is 116 Å². The summed E-state index contributed by atoms with van der Waals surface area (Å²) in [5, 5.41) is 0. The van der Waals surface area contributed by atoms with E-state index < -0.39 is 0 Å². The van der Waals surface area contributed by atoms with E-state index in [4.69, 9.17) is 0 Å². The van der Waals surface area contributed by atoms with Gasteiger partial charge in [-0.3, -0.25) is 12.2 Å². The van der Waals surface area contributed by atoms with Crippen LogP contribution in [0.2, 0.25) is 0 Å². The number of allylic oxidation sites excluding steroid dienone is 8. The fraction of sp³-hybridized carbons (Fsp3) is 0.429. The third kappa shape index (κ3) is 4.46. The Bertz CT molecular complexity index is 315. The summed E-state index contributed by atoms with van der Waals surface area (Å²) in [4.78, 5) is 0. The van der Waals surface area contributed by atoms with Crippen molar-refractivity contribution in [1.29, 1.82) is 0 Å². The molecule has 0 bridgehead atoms. The topological polar surface area (TPSA) is 0 Å². The Hall–Kier alpha value is -0.170. The maximum atomic E-state index is 3.36. The molecule has 84 valence electrons. The van der Waals surface area contributed by atoms with Gasteiger partial charge in [-0.2, -0.15) is 17.2 Å². The van der Waals surface area contributed by atoms with Gasteiger partial charge < -0.3 is 2.85 Å². The van der Waals surface area contributed by atoms with Crippen LogP contribution in [0.3, 0.4) is 0 Å². The van der Waals surface area contributed by atoms with Gasteiger partial charge in [0.15, 0.2) is 0 Å². The predicted octanol–water partition coefficient (Wildman–Crippen LogP) is 4.25. The van der Waals surface area contributed by atoms with E-state index in [9.17, 15) is 0 Å². The Morgan fingerprint density at radius 3 is 2.13 bits per heavy atom. The molecule has 1 unspecified atom stereocenters. The molecule has 0 N–H and O–H groups in total. The first-order valence-corrected chi connectivity index (χ1v) is 5.12. The molecule has 2 aliphatic rings. The normalized spacial score (nSPS) is 22.1. The second-order valence-electron chi connectivity index (χ2n) is 3.80. The van der Waals surface area contributed by atoms with Crippen molar-refractivity contribution in [3.05, 3.63) is 47.1 Å². The maximum absolute atomic E-state index is 3.36. The second-order valence-corrected chi connectivity index (χ2v) is 3.80. The molecular formula is C14H20Hf-4. The Balaban J connectivity index is -0.000000216. The third-order valence-corrected chi connectivity index (χ3v) is 2.82. The molecule has 0 nitrogen and oxygen atoms in total. The van der Waals surface area contributed by atoms with E-state index >= 15 is 0 Å². The molecule has 0 fully saturated rings. The van der Waals surface area contributed by atoms with E-state index in [0.29, 0.717) is 5.92 Å². The molecule has 0 saturated heterocycles. The quantitative estimate of drug-likeness (QED) is 0.444. The molecular weight excluding hydrogens is 347 g/mol. The van der Waals surface area contributed by atoms with Crippen molar-refractivity contribution in [1.82, 2.24) is 0 Å². The van der Waals surface area contributed by atoms with Gasteiger partial charge >= 0.3 is 0 Å². The smallest absolute Gasteiger partial charge is 0 e. The molecule has 0 radical (unpaired) electrons. The molecule has 1 atom stereocenters. The van der Waals surface area contributed by atoms with Gasteiger partial charge in [-0.05, 0) is 0 Å². The van der Waals surface area contributed by atoms with Crippen LogP contribution < -0.4 is 0 Å². The van der Waals surface area contributed by atoms with Crippen LogP contribution in [0.4, 0.5) is 0 Å². The average Bonchev–Trinajstić information content (AvgIpc) is 2.78. The van der Waals surface area contributed by atoms with Crippen LogP contribution in [-0.4, -0.2) is 0 Å². The minimum absolute atomic E-state index is 0. The average molecular weight is 367 g/mol. The molecule has 2 rings (SSSR count). The molecule has 0 aromatic heterocycles. The van der Waals surface area contributed by atoms with Gasteiger partial charge in [-0.15, -0.1) is 13.3 Å². The summed E-state index contributed by atoms with van der Waals surface area (Å²) in [7, 11) is 0. The fourth-order valence-electron chi connectivity index (χ4n) is 1.50. The van der Waals surface area contributed by atoms with E-state index in [1.165, 1.54) is 16.7 Å². The predicted molar refractivity (Wildman–Crippen MR) is 63.8 cm³/mol. The second kappa shape index (κ2) is 7.16. The molecule has 0 aromatic rings. The summed E-state index contributed by atoms with van der Waals surface area (Å²) >= 11 is 0. The van der Waals surface area contributed by atoms with Crippen LogP contribution >= 0.6 is 0 Å². The zero-order valence-corrected chi connectivity index (χ0v) is 13.6. The zero-order chi connectivity index (χ0) is 10.6.